The Labute approximate surface area is 125 Å². The van der Waals surface area contributed by atoms with Crippen molar-refractivity contribution in [2.24, 2.45) is 0 Å². The number of hydrogen-bond donors (Lipinski definition) is 1. The van der Waals surface area contributed by atoms with Gasteiger partial charge in [0.1, 0.15) is 0 Å². The van der Waals surface area contributed by atoms with Crippen LogP contribution >= 0.6 is 0 Å². The fraction of sp³-hybridized carbons (Fsp3) is 0.500. The SMILES string of the molecule is COCCCNC(=O)c1ccc2c(c1)C(C)(C)C(=O)N2C. The van der Waals surface area contributed by atoms with Crippen LogP contribution in [0.1, 0.15) is 36.2 Å². The lowest BCUT2D eigenvalue weighted by atomic mass is 9.85. The minimum atomic E-state index is -0.587. The molecule has 0 radical (unpaired) electrons. The Bertz CT molecular complexity index is 567. The molecule has 0 fully saturated rings. The van der Waals surface area contributed by atoms with Gasteiger partial charge < -0.3 is 15.0 Å². The number of nitrogens with one attached hydrogen (secondary N) is 1. The average molecular weight is 290 g/mol. The molecule has 0 unspecified atom stereocenters. The minimum absolute atomic E-state index is 0.0511. The second-order valence-corrected chi connectivity index (χ2v) is 5.82. The van der Waals surface area contributed by atoms with Crippen LogP contribution in [0.15, 0.2) is 18.2 Å². The predicted octanol–water partition coefficient (Wildman–Crippen LogP) is 1.71. The van der Waals surface area contributed by atoms with Crippen LogP contribution in [0.5, 0.6) is 0 Å². The Balaban J connectivity index is 2.17. The van der Waals surface area contributed by atoms with Crippen LogP contribution in [-0.2, 0) is 14.9 Å². The topological polar surface area (TPSA) is 58.6 Å². The highest BCUT2D eigenvalue weighted by atomic mass is 16.5. The van der Waals surface area contributed by atoms with Crippen molar-refractivity contribution in [3.63, 3.8) is 0 Å². The summed E-state index contributed by atoms with van der Waals surface area (Å²) in [6.45, 7) is 4.97. The highest BCUT2D eigenvalue weighted by Crippen LogP contribution is 2.40. The van der Waals surface area contributed by atoms with Crippen molar-refractivity contribution in [2.45, 2.75) is 25.7 Å². The number of anilines is 1. The smallest absolute Gasteiger partial charge is 0.251 e. The van der Waals surface area contributed by atoms with Gasteiger partial charge in [-0.05, 0) is 44.0 Å². The van der Waals surface area contributed by atoms with Crippen LogP contribution in [0.25, 0.3) is 0 Å². The van der Waals surface area contributed by atoms with Crippen LogP contribution in [0.4, 0.5) is 5.69 Å². The number of ether oxygens (including phenoxy) is 1. The summed E-state index contributed by atoms with van der Waals surface area (Å²) in [5.74, 6) is -0.0677. The van der Waals surface area contributed by atoms with Crippen molar-refractivity contribution in [3.8, 4) is 0 Å². The van der Waals surface area contributed by atoms with E-state index in [1.807, 2.05) is 26.0 Å². The van der Waals surface area contributed by atoms with Crippen LogP contribution in [0, 0.1) is 0 Å². The lowest BCUT2D eigenvalue weighted by molar-refractivity contribution is -0.121. The lowest BCUT2D eigenvalue weighted by Crippen LogP contribution is -2.33. The summed E-state index contributed by atoms with van der Waals surface area (Å²) in [5.41, 5.74) is 1.78. The molecule has 1 N–H and O–H groups in total. The number of hydrogen-bond acceptors (Lipinski definition) is 3. The van der Waals surface area contributed by atoms with Gasteiger partial charge >= 0.3 is 0 Å². The van der Waals surface area contributed by atoms with Crippen molar-refractivity contribution >= 4 is 17.5 Å². The van der Waals surface area contributed by atoms with Crippen molar-refractivity contribution in [1.82, 2.24) is 5.32 Å². The van der Waals surface area contributed by atoms with Crippen LogP contribution in [0.2, 0.25) is 0 Å². The zero-order valence-electron chi connectivity index (χ0n) is 13.0. The maximum Gasteiger partial charge on any atom is 0.251 e. The molecule has 1 aromatic rings. The molecule has 114 valence electrons. The summed E-state index contributed by atoms with van der Waals surface area (Å²) in [5, 5.41) is 2.86. The van der Waals surface area contributed by atoms with Gasteiger partial charge in [0.05, 0.1) is 5.41 Å². The van der Waals surface area contributed by atoms with E-state index in [1.54, 1.807) is 25.1 Å². The van der Waals surface area contributed by atoms with Gasteiger partial charge in [-0.15, -0.1) is 0 Å². The molecule has 0 saturated carbocycles. The number of carbonyl (C=O) groups is 2. The molecule has 0 atom stereocenters. The lowest BCUT2D eigenvalue weighted by Gasteiger charge is -2.16. The van der Waals surface area contributed by atoms with Crippen molar-refractivity contribution in [1.29, 1.82) is 0 Å². The molecular weight excluding hydrogens is 268 g/mol. The largest absolute Gasteiger partial charge is 0.385 e. The summed E-state index contributed by atoms with van der Waals surface area (Å²) in [6, 6.07) is 5.42. The maximum absolute atomic E-state index is 12.2. The average Bonchev–Trinajstić information content (AvgIpc) is 2.64. The number of nitrogens with zero attached hydrogens (tertiary/aromatic N) is 1. The van der Waals surface area contributed by atoms with E-state index in [0.29, 0.717) is 18.7 Å². The van der Waals surface area contributed by atoms with Gasteiger partial charge in [0.15, 0.2) is 0 Å². The number of methoxy groups -OCH3 is 1. The van der Waals surface area contributed by atoms with E-state index in [2.05, 4.69) is 5.32 Å². The number of amides is 2. The Morgan fingerprint density at radius 1 is 1.38 bits per heavy atom. The molecule has 21 heavy (non-hydrogen) atoms. The monoisotopic (exact) mass is 290 g/mol. The van der Waals surface area contributed by atoms with Gasteiger partial charge in [0.2, 0.25) is 5.91 Å². The van der Waals surface area contributed by atoms with Crippen molar-refractivity contribution in [3.05, 3.63) is 29.3 Å². The molecule has 5 nitrogen and oxygen atoms in total. The maximum atomic E-state index is 12.2. The van der Waals surface area contributed by atoms with E-state index in [1.165, 1.54) is 0 Å². The number of benzene rings is 1. The molecule has 0 bridgehead atoms. The number of fused-ring (bicyclic) bond motifs is 1. The molecule has 1 aliphatic rings. The summed E-state index contributed by atoms with van der Waals surface area (Å²) in [7, 11) is 3.40. The molecule has 1 heterocycles. The van der Waals surface area contributed by atoms with Crippen molar-refractivity contribution in [2.75, 3.05) is 32.2 Å². The summed E-state index contributed by atoms with van der Waals surface area (Å²) in [4.78, 5) is 26.0. The minimum Gasteiger partial charge on any atom is -0.385 e. The van der Waals surface area contributed by atoms with Gasteiger partial charge in [-0.2, -0.15) is 0 Å². The first-order chi connectivity index (χ1) is 9.89. The highest BCUT2D eigenvalue weighted by molar-refractivity contribution is 6.08. The Morgan fingerprint density at radius 2 is 2.10 bits per heavy atom. The summed E-state index contributed by atoms with van der Waals surface area (Å²) < 4.78 is 4.95. The normalized spacial score (nSPS) is 16.0. The summed E-state index contributed by atoms with van der Waals surface area (Å²) in [6.07, 6.45) is 0.778. The fourth-order valence-corrected chi connectivity index (χ4v) is 2.63. The first-order valence-electron chi connectivity index (χ1n) is 7.09. The molecule has 2 amide bonds. The second kappa shape index (κ2) is 5.85. The van der Waals surface area contributed by atoms with E-state index >= 15 is 0 Å². The van der Waals surface area contributed by atoms with E-state index in [4.69, 9.17) is 4.74 Å². The second-order valence-electron chi connectivity index (χ2n) is 5.82. The molecular formula is C16H22N2O3. The molecule has 0 saturated heterocycles. The zero-order chi connectivity index (χ0) is 15.6. The van der Waals surface area contributed by atoms with E-state index in [0.717, 1.165) is 17.7 Å². The van der Waals surface area contributed by atoms with Crippen LogP contribution in [0.3, 0.4) is 0 Å². The first-order valence-corrected chi connectivity index (χ1v) is 7.09. The molecule has 0 aromatic heterocycles. The molecule has 0 aliphatic carbocycles. The highest BCUT2D eigenvalue weighted by Gasteiger charge is 2.42. The molecule has 1 aromatic carbocycles. The standard InChI is InChI=1S/C16H22N2O3/c1-16(2)12-10-11(14(19)17-8-5-9-21-4)6-7-13(12)18(3)15(16)20/h6-7,10H,5,8-9H2,1-4H3,(H,17,19). The zero-order valence-corrected chi connectivity index (χ0v) is 13.0. The Hall–Kier alpha value is -1.88. The fourth-order valence-electron chi connectivity index (χ4n) is 2.63. The van der Waals surface area contributed by atoms with Gasteiger partial charge in [-0.1, -0.05) is 0 Å². The summed E-state index contributed by atoms with van der Waals surface area (Å²) >= 11 is 0. The van der Waals surface area contributed by atoms with Crippen LogP contribution < -0.4 is 10.2 Å². The van der Waals surface area contributed by atoms with Crippen LogP contribution in [-0.4, -0.2) is 39.1 Å². The van der Waals surface area contributed by atoms with E-state index < -0.39 is 5.41 Å². The third kappa shape index (κ3) is 2.78. The number of rotatable bonds is 5. The predicted molar refractivity (Wildman–Crippen MR) is 81.7 cm³/mol. The Morgan fingerprint density at radius 3 is 2.76 bits per heavy atom. The van der Waals surface area contributed by atoms with Gasteiger partial charge in [-0.25, -0.2) is 0 Å². The molecule has 5 heteroatoms. The molecule has 0 spiro atoms. The van der Waals surface area contributed by atoms with Gasteiger partial charge in [0, 0.05) is 38.6 Å². The van der Waals surface area contributed by atoms with Gasteiger partial charge in [-0.3, -0.25) is 9.59 Å². The first kappa shape index (κ1) is 15.5. The van der Waals surface area contributed by atoms with Gasteiger partial charge in [0.25, 0.3) is 5.91 Å². The quantitative estimate of drug-likeness (QED) is 0.840. The Kier molecular flexibility index (Phi) is 4.32. The van der Waals surface area contributed by atoms with E-state index in [-0.39, 0.29) is 11.8 Å². The molecule has 2 rings (SSSR count). The molecule has 1 aliphatic heterocycles. The number of likely N-dealkylation sites (N-methyl/N-ethyl adjacent to an activating group) is 1. The third-order valence-corrected chi connectivity index (χ3v) is 3.94. The van der Waals surface area contributed by atoms with Crippen molar-refractivity contribution < 1.29 is 14.3 Å². The third-order valence-electron chi connectivity index (χ3n) is 3.94. The van der Waals surface area contributed by atoms with E-state index in [9.17, 15) is 9.59 Å². The number of carbonyl (C=O) groups excluding carboxylic acids is 2.